The second-order valence-corrected chi connectivity index (χ2v) is 5.28. The summed E-state index contributed by atoms with van der Waals surface area (Å²) in [6.45, 7) is 1.85. The second kappa shape index (κ2) is 6.02. The summed E-state index contributed by atoms with van der Waals surface area (Å²) in [5.41, 5.74) is 1.28. The third kappa shape index (κ3) is 3.24. The number of aromatic nitrogens is 1. The summed E-state index contributed by atoms with van der Waals surface area (Å²) < 4.78 is 5.50. The van der Waals surface area contributed by atoms with Crippen molar-refractivity contribution >= 4 is 0 Å². The molecule has 0 spiro atoms. The van der Waals surface area contributed by atoms with E-state index in [2.05, 4.69) is 22.0 Å². The normalized spacial score (nSPS) is 16.3. The van der Waals surface area contributed by atoms with Gasteiger partial charge in [-0.3, -0.25) is 9.88 Å². The van der Waals surface area contributed by atoms with Crippen molar-refractivity contribution in [3.05, 3.63) is 54.2 Å². The molecule has 3 rings (SSSR count). The van der Waals surface area contributed by atoms with Crippen LogP contribution in [0.5, 0.6) is 0 Å². The van der Waals surface area contributed by atoms with Crippen LogP contribution in [0.3, 0.4) is 0 Å². The van der Waals surface area contributed by atoms with Gasteiger partial charge in [0.1, 0.15) is 5.76 Å². The summed E-state index contributed by atoms with van der Waals surface area (Å²) in [6.07, 6.45) is 10.9. The Labute approximate surface area is 114 Å². The van der Waals surface area contributed by atoms with E-state index in [0.717, 1.165) is 18.8 Å². The van der Waals surface area contributed by atoms with Gasteiger partial charge in [-0.2, -0.15) is 0 Å². The van der Waals surface area contributed by atoms with Gasteiger partial charge < -0.3 is 4.42 Å². The Morgan fingerprint density at radius 3 is 2.74 bits per heavy atom. The van der Waals surface area contributed by atoms with E-state index < -0.39 is 0 Å². The molecule has 0 atom stereocenters. The Kier molecular flexibility index (Phi) is 3.94. The van der Waals surface area contributed by atoms with E-state index in [1.54, 1.807) is 6.26 Å². The Morgan fingerprint density at radius 2 is 2.05 bits per heavy atom. The molecule has 2 aromatic heterocycles. The first-order valence-corrected chi connectivity index (χ1v) is 7.07. The maximum absolute atomic E-state index is 5.50. The minimum Gasteiger partial charge on any atom is -0.468 e. The highest BCUT2D eigenvalue weighted by atomic mass is 16.3. The molecular weight excluding hydrogens is 236 g/mol. The van der Waals surface area contributed by atoms with E-state index in [1.165, 1.54) is 31.2 Å². The van der Waals surface area contributed by atoms with E-state index in [-0.39, 0.29) is 0 Å². The van der Waals surface area contributed by atoms with Crippen molar-refractivity contribution in [3.63, 3.8) is 0 Å². The van der Waals surface area contributed by atoms with Gasteiger partial charge in [0.25, 0.3) is 0 Å². The third-order valence-electron chi connectivity index (χ3n) is 3.89. The van der Waals surface area contributed by atoms with E-state index in [9.17, 15) is 0 Å². The molecule has 1 aliphatic rings. The highest BCUT2D eigenvalue weighted by Crippen LogP contribution is 2.26. The quantitative estimate of drug-likeness (QED) is 0.818. The number of rotatable bonds is 5. The maximum atomic E-state index is 5.50. The monoisotopic (exact) mass is 256 g/mol. The highest BCUT2D eigenvalue weighted by Gasteiger charge is 2.23. The summed E-state index contributed by atoms with van der Waals surface area (Å²) in [7, 11) is 0. The minimum atomic E-state index is 0.685. The number of nitrogens with zero attached hydrogens (tertiary/aromatic N) is 2. The second-order valence-electron chi connectivity index (χ2n) is 5.28. The molecule has 0 saturated heterocycles. The predicted octanol–water partition coefficient (Wildman–Crippen LogP) is 3.62. The van der Waals surface area contributed by atoms with Crippen molar-refractivity contribution in [1.29, 1.82) is 0 Å². The van der Waals surface area contributed by atoms with Crippen LogP contribution < -0.4 is 0 Å². The number of hydrogen-bond donors (Lipinski definition) is 0. The van der Waals surface area contributed by atoms with Crippen LogP contribution >= 0.6 is 0 Å². The fourth-order valence-electron chi connectivity index (χ4n) is 2.91. The molecule has 19 heavy (non-hydrogen) atoms. The van der Waals surface area contributed by atoms with Crippen LogP contribution in [0.4, 0.5) is 0 Å². The van der Waals surface area contributed by atoms with Gasteiger partial charge in [-0.15, -0.1) is 0 Å². The van der Waals surface area contributed by atoms with Crippen molar-refractivity contribution in [2.24, 2.45) is 0 Å². The maximum Gasteiger partial charge on any atom is 0.117 e. The van der Waals surface area contributed by atoms with Crippen LogP contribution in [0, 0.1) is 0 Å². The molecule has 0 bridgehead atoms. The summed E-state index contributed by atoms with van der Waals surface area (Å²) in [4.78, 5) is 6.74. The molecule has 0 N–H and O–H groups in total. The molecule has 3 heteroatoms. The first kappa shape index (κ1) is 12.4. The van der Waals surface area contributed by atoms with Gasteiger partial charge >= 0.3 is 0 Å². The Morgan fingerprint density at radius 1 is 1.16 bits per heavy atom. The Hall–Kier alpha value is -1.61. The predicted molar refractivity (Wildman–Crippen MR) is 74.4 cm³/mol. The van der Waals surface area contributed by atoms with Crippen LogP contribution in [0.15, 0.2) is 47.3 Å². The van der Waals surface area contributed by atoms with Gasteiger partial charge in [0.05, 0.1) is 12.8 Å². The van der Waals surface area contributed by atoms with Gasteiger partial charge in [0, 0.05) is 25.0 Å². The summed E-state index contributed by atoms with van der Waals surface area (Å²) in [5.74, 6) is 1.05. The zero-order valence-electron chi connectivity index (χ0n) is 11.2. The van der Waals surface area contributed by atoms with Crippen molar-refractivity contribution in [1.82, 2.24) is 9.88 Å². The molecule has 0 amide bonds. The van der Waals surface area contributed by atoms with Crippen molar-refractivity contribution in [2.45, 2.75) is 44.8 Å². The third-order valence-corrected chi connectivity index (χ3v) is 3.89. The number of furan rings is 1. The van der Waals surface area contributed by atoms with E-state index >= 15 is 0 Å². The zero-order chi connectivity index (χ0) is 12.9. The lowest BCUT2D eigenvalue weighted by Crippen LogP contribution is -2.32. The molecule has 3 nitrogen and oxygen atoms in total. The average Bonchev–Trinajstić information content (AvgIpc) is 3.12. The average molecular weight is 256 g/mol. The van der Waals surface area contributed by atoms with Gasteiger partial charge in [-0.1, -0.05) is 18.9 Å². The number of hydrogen-bond acceptors (Lipinski definition) is 3. The van der Waals surface area contributed by atoms with Crippen LogP contribution in [0.2, 0.25) is 0 Å². The number of pyridine rings is 1. The molecule has 1 saturated carbocycles. The summed E-state index contributed by atoms with van der Waals surface area (Å²) >= 11 is 0. The molecule has 0 radical (unpaired) electrons. The lowest BCUT2D eigenvalue weighted by Gasteiger charge is -2.27. The molecule has 2 heterocycles. The lowest BCUT2D eigenvalue weighted by molar-refractivity contribution is 0.167. The smallest absolute Gasteiger partial charge is 0.117 e. The lowest BCUT2D eigenvalue weighted by atomic mass is 10.1. The molecule has 2 aromatic rings. The van der Waals surface area contributed by atoms with E-state index in [0.29, 0.717) is 6.04 Å². The first-order valence-electron chi connectivity index (χ1n) is 7.07. The SMILES string of the molecule is c1cncc(CN(Cc2ccco2)C2CCCC2)c1. The van der Waals surface area contributed by atoms with Gasteiger partial charge in [0.15, 0.2) is 0 Å². The molecule has 0 aromatic carbocycles. The van der Waals surface area contributed by atoms with E-state index in [1.807, 2.05) is 24.5 Å². The first-order chi connectivity index (χ1) is 9.42. The van der Waals surface area contributed by atoms with Crippen molar-refractivity contribution in [2.75, 3.05) is 0 Å². The molecule has 1 fully saturated rings. The Balaban J connectivity index is 1.72. The fraction of sp³-hybridized carbons (Fsp3) is 0.438. The van der Waals surface area contributed by atoms with Crippen LogP contribution in [0.25, 0.3) is 0 Å². The van der Waals surface area contributed by atoms with Gasteiger partial charge in [0.2, 0.25) is 0 Å². The summed E-state index contributed by atoms with van der Waals surface area (Å²) in [5, 5.41) is 0. The molecule has 1 aliphatic carbocycles. The van der Waals surface area contributed by atoms with Crippen LogP contribution in [-0.4, -0.2) is 15.9 Å². The zero-order valence-corrected chi connectivity index (χ0v) is 11.2. The summed E-state index contributed by atoms with van der Waals surface area (Å²) in [6, 6.07) is 8.87. The van der Waals surface area contributed by atoms with E-state index in [4.69, 9.17) is 4.42 Å². The molecule has 0 unspecified atom stereocenters. The van der Waals surface area contributed by atoms with Crippen molar-refractivity contribution in [3.8, 4) is 0 Å². The molecular formula is C16H20N2O. The fourth-order valence-corrected chi connectivity index (χ4v) is 2.91. The molecule has 100 valence electrons. The minimum absolute atomic E-state index is 0.685. The topological polar surface area (TPSA) is 29.3 Å². The standard InChI is InChI=1S/C16H20N2O/c1-2-7-15(6-1)18(13-16-8-4-10-19-16)12-14-5-3-9-17-11-14/h3-5,8-11,15H,1-2,6-7,12-13H2. The van der Waals surface area contributed by atoms with Crippen LogP contribution in [0.1, 0.15) is 37.0 Å². The highest BCUT2D eigenvalue weighted by molar-refractivity contribution is 5.09. The van der Waals surface area contributed by atoms with Crippen molar-refractivity contribution < 1.29 is 4.42 Å². The van der Waals surface area contributed by atoms with Gasteiger partial charge in [-0.25, -0.2) is 0 Å². The van der Waals surface area contributed by atoms with Gasteiger partial charge in [-0.05, 0) is 36.6 Å². The molecule has 0 aliphatic heterocycles. The van der Waals surface area contributed by atoms with Crippen LogP contribution in [-0.2, 0) is 13.1 Å². The Bertz CT molecular complexity index is 475. The largest absolute Gasteiger partial charge is 0.468 e.